The van der Waals surface area contributed by atoms with Crippen molar-refractivity contribution < 1.29 is 14.6 Å². The lowest BCUT2D eigenvalue weighted by molar-refractivity contribution is 0.000145. The van der Waals surface area contributed by atoms with Crippen LogP contribution < -0.4 is 5.56 Å². The summed E-state index contributed by atoms with van der Waals surface area (Å²) in [5, 5.41) is 10.3. The van der Waals surface area contributed by atoms with Gasteiger partial charge >= 0.3 is 0 Å². The molecule has 2 aromatic rings. The fourth-order valence-electron chi connectivity index (χ4n) is 3.12. The van der Waals surface area contributed by atoms with Gasteiger partial charge in [-0.25, -0.2) is 4.98 Å². The van der Waals surface area contributed by atoms with Crippen molar-refractivity contribution in [1.82, 2.24) is 19.4 Å². The van der Waals surface area contributed by atoms with Crippen LogP contribution in [0.2, 0.25) is 0 Å². The van der Waals surface area contributed by atoms with Gasteiger partial charge in [-0.15, -0.1) is 0 Å². The Balaban J connectivity index is 1.94. The minimum Gasteiger partial charge on any atom is -0.501 e. The molecule has 1 amide bonds. The molecule has 1 saturated heterocycles. The number of aromatic nitrogens is 2. The number of aromatic hydroxyl groups is 1. The van der Waals surface area contributed by atoms with E-state index in [9.17, 15) is 14.7 Å². The summed E-state index contributed by atoms with van der Waals surface area (Å²) in [7, 11) is 5.06. The molecule has 0 aliphatic carbocycles. The Morgan fingerprint density at radius 1 is 1.33 bits per heavy atom. The summed E-state index contributed by atoms with van der Waals surface area (Å²) < 4.78 is 6.78. The third-order valence-electron chi connectivity index (χ3n) is 4.81. The van der Waals surface area contributed by atoms with Crippen molar-refractivity contribution in [2.24, 2.45) is 7.05 Å². The molecule has 1 aromatic carbocycles. The number of morpholine rings is 1. The van der Waals surface area contributed by atoms with Crippen LogP contribution in [0.1, 0.15) is 27.9 Å². The molecule has 0 saturated carbocycles. The number of hydrogen-bond donors (Lipinski definition) is 1. The summed E-state index contributed by atoms with van der Waals surface area (Å²) in [6, 6.07) is 9.22. The Labute approximate surface area is 157 Å². The van der Waals surface area contributed by atoms with Crippen molar-refractivity contribution in [2.45, 2.75) is 12.6 Å². The first-order chi connectivity index (χ1) is 12.9. The van der Waals surface area contributed by atoms with Gasteiger partial charge in [-0.1, -0.05) is 30.3 Å². The fourth-order valence-corrected chi connectivity index (χ4v) is 3.12. The molecular weight excluding hydrogens is 348 g/mol. The normalized spacial score (nSPS) is 17.7. The number of carbonyl (C=O) groups is 1. The molecule has 0 spiro atoms. The van der Waals surface area contributed by atoms with E-state index in [4.69, 9.17) is 4.74 Å². The van der Waals surface area contributed by atoms with E-state index in [1.54, 1.807) is 7.05 Å². The molecule has 0 radical (unpaired) electrons. The number of ether oxygens (including phenoxy) is 1. The Kier molecular flexibility index (Phi) is 5.57. The van der Waals surface area contributed by atoms with Crippen LogP contribution in [0.25, 0.3) is 0 Å². The van der Waals surface area contributed by atoms with E-state index in [-0.39, 0.29) is 11.7 Å². The zero-order valence-corrected chi connectivity index (χ0v) is 15.8. The summed E-state index contributed by atoms with van der Waals surface area (Å²) in [4.78, 5) is 33.2. The first-order valence-electron chi connectivity index (χ1n) is 8.77. The first-order valence-corrected chi connectivity index (χ1v) is 8.77. The van der Waals surface area contributed by atoms with Crippen molar-refractivity contribution in [3.05, 3.63) is 57.8 Å². The van der Waals surface area contributed by atoms with Crippen molar-refractivity contribution in [2.75, 3.05) is 33.9 Å². The second kappa shape index (κ2) is 7.89. The molecule has 1 fully saturated rings. The number of carbonyl (C=O) groups excluding carboxylic acids is 1. The quantitative estimate of drug-likeness (QED) is 0.853. The molecule has 1 aliphatic rings. The number of rotatable bonds is 4. The number of benzene rings is 1. The highest BCUT2D eigenvalue weighted by molar-refractivity contribution is 5.94. The molecule has 144 valence electrons. The summed E-state index contributed by atoms with van der Waals surface area (Å²) >= 11 is 0. The molecule has 3 rings (SSSR count). The molecule has 2 heterocycles. The molecule has 8 heteroatoms. The Hall–Kier alpha value is -2.71. The maximum absolute atomic E-state index is 12.9. The van der Waals surface area contributed by atoms with E-state index in [1.165, 1.54) is 16.5 Å². The Morgan fingerprint density at radius 2 is 2.04 bits per heavy atom. The molecule has 1 atom stereocenters. The first kappa shape index (κ1) is 19.1. The zero-order valence-electron chi connectivity index (χ0n) is 15.8. The van der Waals surface area contributed by atoms with Crippen LogP contribution in [0.15, 0.2) is 35.1 Å². The van der Waals surface area contributed by atoms with Crippen LogP contribution in [0.5, 0.6) is 5.75 Å². The molecule has 1 unspecified atom stereocenters. The highest BCUT2D eigenvalue weighted by atomic mass is 16.5. The van der Waals surface area contributed by atoms with Gasteiger partial charge in [-0.3, -0.25) is 19.1 Å². The zero-order chi connectivity index (χ0) is 19.6. The van der Waals surface area contributed by atoms with Crippen LogP contribution in [-0.2, 0) is 18.3 Å². The minimum absolute atomic E-state index is 0.231. The summed E-state index contributed by atoms with van der Waals surface area (Å²) in [6.07, 6.45) is 0. The van der Waals surface area contributed by atoms with Crippen LogP contribution in [-0.4, -0.2) is 64.2 Å². The lowest BCUT2D eigenvalue weighted by Crippen LogP contribution is -2.41. The lowest BCUT2D eigenvalue weighted by Gasteiger charge is -2.32. The summed E-state index contributed by atoms with van der Waals surface area (Å²) in [5.41, 5.74) is 0.0678. The van der Waals surface area contributed by atoms with Crippen LogP contribution in [0.3, 0.4) is 0 Å². The summed E-state index contributed by atoms with van der Waals surface area (Å²) in [5.74, 6) is -0.739. The van der Waals surface area contributed by atoms with Crippen LogP contribution in [0, 0.1) is 0 Å². The van der Waals surface area contributed by atoms with Gasteiger partial charge in [0.15, 0.2) is 5.69 Å². The van der Waals surface area contributed by atoms with Gasteiger partial charge in [-0.05, 0) is 12.6 Å². The van der Waals surface area contributed by atoms with Gasteiger partial charge in [0, 0.05) is 27.2 Å². The van der Waals surface area contributed by atoms with Crippen LogP contribution in [0.4, 0.5) is 0 Å². The summed E-state index contributed by atoms with van der Waals surface area (Å²) in [6.45, 7) is 2.01. The van der Waals surface area contributed by atoms with Crippen molar-refractivity contribution in [3.63, 3.8) is 0 Å². The lowest BCUT2D eigenvalue weighted by atomic mass is 10.2. The SMILES string of the molecule is CN(Cc1ccccc1)C(=O)c1nc(C2COCCN2C)n(C)c(=O)c1O. The molecule has 27 heavy (non-hydrogen) atoms. The second-order valence-electron chi connectivity index (χ2n) is 6.75. The average Bonchev–Trinajstić information content (AvgIpc) is 2.67. The molecule has 1 N–H and O–H groups in total. The maximum atomic E-state index is 12.9. The van der Waals surface area contributed by atoms with Crippen molar-refractivity contribution in [3.8, 4) is 5.75 Å². The second-order valence-corrected chi connectivity index (χ2v) is 6.75. The van der Waals surface area contributed by atoms with Gasteiger partial charge in [-0.2, -0.15) is 0 Å². The molecule has 0 bridgehead atoms. The minimum atomic E-state index is -0.643. The predicted molar refractivity (Wildman–Crippen MR) is 99.6 cm³/mol. The third kappa shape index (κ3) is 3.86. The molecule has 8 nitrogen and oxygen atoms in total. The number of hydrogen-bond acceptors (Lipinski definition) is 6. The molecular formula is C19H24N4O4. The maximum Gasteiger partial charge on any atom is 0.296 e. The standard InChI is InChI=1S/C19H24N4O4/c1-21-9-10-27-12-14(21)17-20-15(16(24)19(26)23(17)3)18(25)22(2)11-13-7-5-4-6-8-13/h4-8,14,24H,9-12H2,1-3H3. The van der Waals surface area contributed by atoms with Gasteiger partial charge in [0.25, 0.3) is 11.5 Å². The third-order valence-corrected chi connectivity index (χ3v) is 4.81. The topological polar surface area (TPSA) is 87.9 Å². The fraction of sp³-hybridized carbons (Fsp3) is 0.421. The monoisotopic (exact) mass is 372 g/mol. The van der Waals surface area contributed by atoms with E-state index >= 15 is 0 Å². The largest absolute Gasteiger partial charge is 0.501 e. The average molecular weight is 372 g/mol. The Morgan fingerprint density at radius 3 is 2.70 bits per heavy atom. The molecule has 1 aliphatic heterocycles. The number of likely N-dealkylation sites (N-methyl/N-ethyl adjacent to an activating group) is 1. The van der Waals surface area contributed by atoms with E-state index in [1.807, 2.05) is 42.3 Å². The predicted octanol–water partition coefficient (Wildman–Crippen LogP) is 0.761. The molecule has 1 aromatic heterocycles. The van der Waals surface area contributed by atoms with Gasteiger partial charge in [0.05, 0.1) is 19.3 Å². The van der Waals surface area contributed by atoms with Crippen molar-refractivity contribution >= 4 is 5.91 Å². The number of nitrogens with zero attached hydrogens (tertiary/aromatic N) is 4. The van der Waals surface area contributed by atoms with E-state index in [0.29, 0.717) is 32.1 Å². The van der Waals surface area contributed by atoms with Crippen molar-refractivity contribution in [1.29, 1.82) is 0 Å². The number of amides is 1. The van der Waals surface area contributed by atoms with E-state index in [0.717, 1.165) is 5.56 Å². The van der Waals surface area contributed by atoms with Gasteiger partial charge < -0.3 is 14.7 Å². The highest BCUT2D eigenvalue weighted by Crippen LogP contribution is 2.22. The smallest absolute Gasteiger partial charge is 0.296 e. The van der Waals surface area contributed by atoms with E-state index < -0.39 is 17.2 Å². The highest BCUT2D eigenvalue weighted by Gasteiger charge is 2.29. The van der Waals surface area contributed by atoms with Gasteiger partial charge in [0.2, 0.25) is 5.75 Å². The van der Waals surface area contributed by atoms with Gasteiger partial charge in [0.1, 0.15) is 5.82 Å². The van der Waals surface area contributed by atoms with Crippen LogP contribution >= 0.6 is 0 Å². The van der Waals surface area contributed by atoms with E-state index in [2.05, 4.69) is 4.98 Å². The Bertz CT molecular complexity index is 881.